The van der Waals surface area contributed by atoms with E-state index < -0.39 is 0 Å². The van der Waals surface area contributed by atoms with Crippen molar-refractivity contribution in [2.24, 2.45) is 11.7 Å². The van der Waals surface area contributed by atoms with Crippen LogP contribution in [0.25, 0.3) is 0 Å². The van der Waals surface area contributed by atoms with Crippen LogP contribution in [-0.2, 0) is 16.0 Å². The van der Waals surface area contributed by atoms with E-state index in [9.17, 15) is 4.79 Å². The monoisotopic (exact) mass is 277 g/mol. The molecule has 0 saturated heterocycles. The summed E-state index contributed by atoms with van der Waals surface area (Å²) in [5.74, 6) is 0.274. The van der Waals surface area contributed by atoms with Crippen molar-refractivity contribution in [2.45, 2.75) is 52.0 Å². The van der Waals surface area contributed by atoms with E-state index in [-0.39, 0.29) is 12.0 Å². The second-order valence-electron chi connectivity index (χ2n) is 5.45. The molecule has 0 fully saturated rings. The highest BCUT2D eigenvalue weighted by Crippen LogP contribution is 2.20. The molecule has 0 amide bonds. The van der Waals surface area contributed by atoms with Crippen molar-refractivity contribution in [3.63, 3.8) is 0 Å². The van der Waals surface area contributed by atoms with E-state index in [2.05, 4.69) is 24.3 Å². The minimum atomic E-state index is -0.0877. The molecule has 2 unspecified atom stereocenters. The van der Waals surface area contributed by atoms with Crippen molar-refractivity contribution < 1.29 is 9.53 Å². The van der Waals surface area contributed by atoms with E-state index in [1.165, 1.54) is 5.56 Å². The third-order valence-corrected chi connectivity index (χ3v) is 3.48. The smallest absolute Gasteiger partial charge is 0.306 e. The van der Waals surface area contributed by atoms with Gasteiger partial charge < -0.3 is 10.5 Å². The number of benzene rings is 1. The number of rotatable bonds is 9. The normalized spacial score (nSPS) is 13.8. The maximum atomic E-state index is 11.7. The number of esters is 1. The molecule has 0 aliphatic carbocycles. The molecule has 0 aliphatic heterocycles. The zero-order valence-corrected chi connectivity index (χ0v) is 12.7. The molecule has 0 spiro atoms. The molecule has 0 heterocycles. The van der Waals surface area contributed by atoms with Gasteiger partial charge in [0.05, 0.1) is 6.61 Å². The quantitative estimate of drug-likeness (QED) is 0.704. The molecule has 20 heavy (non-hydrogen) atoms. The van der Waals surface area contributed by atoms with Crippen LogP contribution in [0.15, 0.2) is 30.3 Å². The van der Waals surface area contributed by atoms with Gasteiger partial charge in [0, 0.05) is 12.5 Å². The van der Waals surface area contributed by atoms with Gasteiger partial charge in [0.1, 0.15) is 0 Å². The summed E-state index contributed by atoms with van der Waals surface area (Å²) in [4.78, 5) is 11.7. The predicted molar refractivity (Wildman–Crippen MR) is 82.4 cm³/mol. The highest BCUT2D eigenvalue weighted by atomic mass is 16.5. The zero-order valence-electron chi connectivity index (χ0n) is 12.7. The SMILES string of the molecule is CCOC(=O)CC(CCc1ccccc1)CCC(C)N. The number of hydrogen-bond donors (Lipinski definition) is 1. The van der Waals surface area contributed by atoms with Crippen LogP contribution in [-0.4, -0.2) is 18.6 Å². The fraction of sp³-hybridized carbons (Fsp3) is 0.588. The Hall–Kier alpha value is -1.35. The van der Waals surface area contributed by atoms with Crippen LogP contribution in [0, 0.1) is 5.92 Å². The van der Waals surface area contributed by atoms with Crippen LogP contribution >= 0.6 is 0 Å². The molecule has 0 saturated carbocycles. The minimum absolute atomic E-state index is 0.0877. The van der Waals surface area contributed by atoms with Crippen LogP contribution in [0.3, 0.4) is 0 Å². The minimum Gasteiger partial charge on any atom is -0.466 e. The van der Waals surface area contributed by atoms with Gasteiger partial charge in [-0.05, 0) is 51.0 Å². The average molecular weight is 277 g/mol. The highest BCUT2D eigenvalue weighted by Gasteiger charge is 2.15. The first-order valence-corrected chi connectivity index (χ1v) is 7.57. The van der Waals surface area contributed by atoms with Gasteiger partial charge in [0.25, 0.3) is 0 Å². The number of carbonyl (C=O) groups excluding carboxylic acids is 1. The first-order valence-electron chi connectivity index (χ1n) is 7.57. The van der Waals surface area contributed by atoms with Gasteiger partial charge in [0.15, 0.2) is 0 Å². The summed E-state index contributed by atoms with van der Waals surface area (Å²) >= 11 is 0. The Labute approximate surface area is 122 Å². The van der Waals surface area contributed by atoms with Gasteiger partial charge in [0.2, 0.25) is 0 Å². The summed E-state index contributed by atoms with van der Waals surface area (Å²) in [7, 11) is 0. The second kappa shape index (κ2) is 9.54. The maximum Gasteiger partial charge on any atom is 0.306 e. The maximum absolute atomic E-state index is 11.7. The van der Waals surface area contributed by atoms with Crippen molar-refractivity contribution in [1.29, 1.82) is 0 Å². The lowest BCUT2D eigenvalue weighted by molar-refractivity contribution is -0.144. The summed E-state index contributed by atoms with van der Waals surface area (Å²) < 4.78 is 5.06. The van der Waals surface area contributed by atoms with Crippen molar-refractivity contribution in [1.82, 2.24) is 0 Å². The molecule has 2 N–H and O–H groups in total. The fourth-order valence-electron chi connectivity index (χ4n) is 2.32. The van der Waals surface area contributed by atoms with E-state index in [0.717, 1.165) is 25.7 Å². The lowest BCUT2D eigenvalue weighted by Crippen LogP contribution is -2.19. The number of nitrogens with two attached hydrogens (primary N) is 1. The van der Waals surface area contributed by atoms with Crippen molar-refractivity contribution in [2.75, 3.05) is 6.61 Å². The van der Waals surface area contributed by atoms with Crippen molar-refractivity contribution >= 4 is 5.97 Å². The Morgan fingerprint density at radius 3 is 2.50 bits per heavy atom. The summed E-state index contributed by atoms with van der Waals surface area (Å²) in [5.41, 5.74) is 7.14. The first kappa shape index (κ1) is 16.7. The summed E-state index contributed by atoms with van der Waals surface area (Å²) in [6.45, 7) is 4.31. The van der Waals surface area contributed by atoms with E-state index >= 15 is 0 Å². The molecule has 0 radical (unpaired) electrons. The molecule has 2 atom stereocenters. The predicted octanol–water partition coefficient (Wildman–Crippen LogP) is 3.32. The number of carbonyl (C=O) groups is 1. The van der Waals surface area contributed by atoms with Crippen molar-refractivity contribution in [3.05, 3.63) is 35.9 Å². The molecule has 1 aromatic carbocycles. The van der Waals surface area contributed by atoms with Gasteiger partial charge in [-0.1, -0.05) is 30.3 Å². The molecular formula is C17H27NO2. The van der Waals surface area contributed by atoms with E-state index in [1.54, 1.807) is 0 Å². The van der Waals surface area contributed by atoms with Crippen LogP contribution in [0.4, 0.5) is 0 Å². The average Bonchev–Trinajstić information content (AvgIpc) is 2.43. The molecule has 1 rings (SSSR count). The molecule has 112 valence electrons. The Balaban J connectivity index is 2.46. The Morgan fingerprint density at radius 1 is 1.20 bits per heavy atom. The van der Waals surface area contributed by atoms with Gasteiger partial charge in [-0.15, -0.1) is 0 Å². The Morgan fingerprint density at radius 2 is 1.90 bits per heavy atom. The second-order valence-corrected chi connectivity index (χ2v) is 5.45. The number of aryl methyl sites for hydroxylation is 1. The van der Waals surface area contributed by atoms with Gasteiger partial charge in [-0.25, -0.2) is 0 Å². The topological polar surface area (TPSA) is 52.3 Å². The molecule has 3 nitrogen and oxygen atoms in total. The summed E-state index contributed by atoms with van der Waals surface area (Å²) in [6.07, 6.45) is 4.47. The first-order chi connectivity index (χ1) is 9.61. The molecule has 1 aromatic rings. The highest BCUT2D eigenvalue weighted by molar-refractivity contribution is 5.69. The third kappa shape index (κ3) is 7.29. The van der Waals surface area contributed by atoms with Gasteiger partial charge in [-0.3, -0.25) is 4.79 Å². The van der Waals surface area contributed by atoms with Crippen LogP contribution in [0.2, 0.25) is 0 Å². The lowest BCUT2D eigenvalue weighted by atomic mass is 9.91. The Bertz CT molecular complexity index is 376. The summed E-state index contributed by atoms with van der Waals surface area (Å²) in [6, 6.07) is 10.6. The zero-order chi connectivity index (χ0) is 14.8. The standard InChI is InChI=1S/C17H27NO2/c1-3-20-17(19)13-16(10-9-14(2)18)12-11-15-7-5-4-6-8-15/h4-8,14,16H,3,9-13,18H2,1-2H3. The molecule has 0 aliphatic rings. The Kier molecular flexibility index (Phi) is 7.97. The third-order valence-electron chi connectivity index (χ3n) is 3.48. The summed E-state index contributed by atoms with van der Waals surface area (Å²) in [5, 5.41) is 0. The molecule has 0 bridgehead atoms. The number of ether oxygens (including phenoxy) is 1. The largest absolute Gasteiger partial charge is 0.466 e. The van der Waals surface area contributed by atoms with Gasteiger partial charge in [-0.2, -0.15) is 0 Å². The number of hydrogen-bond acceptors (Lipinski definition) is 3. The fourth-order valence-corrected chi connectivity index (χ4v) is 2.32. The van der Waals surface area contributed by atoms with Crippen molar-refractivity contribution in [3.8, 4) is 0 Å². The molecule has 0 aromatic heterocycles. The van der Waals surface area contributed by atoms with Crippen LogP contribution in [0.5, 0.6) is 0 Å². The lowest BCUT2D eigenvalue weighted by Gasteiger charge is -2.17. The van der Waals surface area contributed by atoms with Gasteiger partial charge >= 0.3 is 5.97 Å². The van der Waals surface area contributed by atoms with E-state index in [0.29, 0.717) is 18.9 Å². The van der Waals surface area contributed by atoms with Crippen LogP contribution < -0.4 is 5.73 Å². The molecule has 3 heteroatoms. The molecular weight excluding hydrogens is 250 g/mol. The van der Waals surface area contributed by atoms with E-state index in [4.69, 9.17) is 10.5 Å². The van der Waals surface area contributed by atoms with Crippen LogP contribution in [0.1, 0.15) is 45.1 Å². The van der Waals surface area contributed by atoms with E-state index in [1.807, 2.05) is 19.9 Å².